The van der Waals surface area contributed by atoms with Crippen molar-refractivity contribution in [2.75, 3.05) is 31.5 Å². The van der Waals surface area contributed by atoms with Crippen molar-refractivity contribution in [3.63, 3.8) is 0 Å². The van der Waals surface area contributed by atoms with Crippen molar-refractivity contribution in [1.82, 2.24) is 35.3 Å². The highest BCUT2D eigenvalue weighted by atomic mass is 16.2. The van der Waals surface area contributed by atoms with Gasteiger partial charge in [0.15, 0.2) is 0 Å². The number of carbonyl (C=O) groups excluding carboxylic acids is 2. The minimum Gasteiger partial charge on any atom is -0.350 e. The van der Waals surface area contributed by atoms with Gasteiger partial charge in [-0.15, -0.1) is 0 Å². The van der Waals surface area contributed by atoms with Gasteiger partial charge in [0.2, 0.25) is 5.95 Å². The van der Waals surface area contributed by atoms with E-state index in [1.54, 1.807) is 35.5 Å². The summed E-state index contributed by atoms with van der Waals surface area (Å²) in [4.78, 5) is 34.9. The first-order chi connectivity index (χ1) is 18.6. The normalized spacial score (nSPS) is 16.2. The van der Waals surface area contributed by atoms with Crippen LogP contribution in [0.15, 0.2) is 48.9 Å². The molecule has 3 aromatic rings. The molecule has 2 fully saturated rings. The van der Waals surface area contributed by atoms with Crippen molar-refractivity contribution in [2.24, 2.45) is 5.92 Å². The zero-order valence-corrected chi connectivity index (χ0v) is 21.1. The van der Waals surface area contributed by atoms with Gasteiger partial charge in [0.1, 0.15) is 0 Å². The molecule has 1 saturated heterocycles. The maximum atomic E-state index is 12.6. The van der Waals surface area contributed by atoms with Crippen molar-refractivity contribution >= 4 is 23.6 Å². The van der Waals surface area contributed by atoms with Crippen LogP contribution in [0.3, 0.4) is 0 Å². The molecule has 5 rings (SSSR count). The molecule has 196 valence electrons. The second-order valence-corrected chi connectivity index (χ2v) is 9.63. The van der Waals surface area contributed by atoms with Crippen LogP contribution in [0.1, 0.15) is 48.5 Å². The molecule has 1 aliphatic heterocycles. The fourth-order valence-electron chi connectivity index (χ4n) is 5.14. The van der Waals surface area contributed by atoms with Crippen LogP contribution in [-0.2, 0) is 0 Å². The molecule has 1 aromatic carbocycles. The topological polar surface area (TPSA) is 141 Å². The summed E-state index contributed by atoms with van der Waals surface area (Å²) in [6.45, 7) is 2.12. The highest BCUT2D eigenvalue weighted by Gasteiger charge is 2.27. The van der Waals surface area contributed by atoms with Gasteiger partial charge in [-0.3, -0.25) is 9.48 Å². The highest BCUT2D eigenvalue weighted by Crippen LogP contribution is 2.36. The van der Waals surface area contributed by atoms with Gasteiger partial charge in [-0.2, -0.15) is 10.4 Å². The Morgan fingerprint density at radius 3 is 2.92 bits per heavy atom. The molecule has 11 heteroatoms. The van der Waals surface area contributed by atoms with E-state index in [-0.39, 0.29) is 18.0 Å². The first-order valence-electron chi connectivity index (χ1n) is 13.0. The summed E-state index contributed by atoms with van der Waals surface area (Å²) in [5, 5.41) is 22.7. The largest absolute Gasteiger partial charge is 0.350 e. The lowest BCUT2D eigenvalue weighted by Crippen LogP contribution is -2.36. The standard InChI is InChI=1S/C27H31N9O2/c28-10-8-24(19-4-1-2-5-19)36-18-21(17-32-36)23-9-11-30-26(34-23)33-22-7-3-6-20(16-22)25(37)29-12-14-35-15-13-31-27(35)38/h3,6-7,9,11,16-19,24H,1-2,4-5,8,12-15H2,(H,29,37)(H,31,38)(H,30,33,34). The first-order valence-corrected chi connectivity index (χ1v) is 13.0. The molecular weight excluding hydrogens is 482 g/mol. The fraction of sp³-hybridized carbons (Fsp3) is 0.407. The van der Waals surface area contributed by atoms with E-state index < -0.39 is 0 Å². The molecule has 3 heterocycles. The van der Waals surface area contributed by atoms with E-state index >= 15 is 0 Å². The number of nitrogens with one attached hydrogen (secondary N) is 3. The maximum Gasteiger partial charge on any atom is 0.317 e. The smallest absolute Gasteiger partial charge is 0.317 e. The Morgan fingerprint density at radius 1 is 1.26 bits per heavy atom. The van der Waals surface area contributed by atoms with Crippen LogP contribution < -0.4 is 16.0 Å². The summed E-state index contributed by atoms with van der Waals surface area (Å²) < 4.78 is 1.92. The fourth-order valence-corrected chi connectivity index (χ4v) is 5.14. The summed E-state index contributed by atoms with van der Waals surface area (Å²) >= 11 is 0. The molecule has 0 spiro atoms. The van der Waals surface area contributed by atoms with E-state index in [4.69, 9.17) is 0 Å². The number of hydrogen-bond acceptors (Lipinski definition) is 7. The predicted octanol–water partition coefficient (Wildman–Crippen LogP) is 3.48. The molecule has 3 N–H and O–H groups in total. The van der Waals surface area contributed by atoms with Crippen LogP contribution in [0.25, 0.3) is 11.3 Å². The van der Waals surface area contributed by atoms with Gasteiger partial charge in [-0.25, -0.2) is 14.8 Å². The van der Waals surface area contributed by atoms with Crippen LogP contribution in [0.2, 0.25) is 0 Å². The van der Waals surface area contributed by atoms with Crippen LogP contribution in [0, 0.1) is 17.2 Å². The predicted molar refractivity (Wildman–Crippen MR) is 142 cm³/mol. The summed E-state index contributed by atoms with van der Waals surface area (Å²) in [7, 11) is 0. The Labute approximate surface area is 221 Å². The van der Waals surface area contributed by atoms with E-state index in [0.29, 0.717) is 55.7 Å². The molecule has 0 bridgehead atoms. The first kappa shape index (κ1) is 25.2. The quantitative estimate of drug-likeness (QED) is 0.377. The molecule has 1 atom stereocenters. The monoisotopic (exact) mass is 513 g/mol. The number of nitrogens with zero attached hydrogens (tertiary/aromatic N) is 6. The second-order valence-electron chi connectivity index (χ2n) is 9.63. The zero-order chi connectivity index (χ0) is 26.3. The van der Waals surface area contributed by atoms with Gasteiger partial charge < -0.3 is 20.9 Å². The SMILES string of the molecule is N#CCC(C1CCCC1)n1cc(-c2ccnc(Nc3cccc(C(=O)NCCN4CCNC4=O)c3)n2)cn1. The number of nitriles is 1. The molecule has 3 amide bonds. The lowest BCUT2D eigenvalue weighted by atomic mass is 9.96. The van der Waals surface area contributed by atoms with Crippen LogP contribution >= 0.6 is 0 Å². The Kier molecular flexibility index (Phi) is 7.78. The number of hydrogen-bond donors (Lipinski definition) is 3. The minimum atomic E-state index is -0.218. The molecule has 38 heavy (non-hydrogen) atoms. The number of aromatic nitrogens is 4. The van der Waals surface area contributed by atoms with Crippen molar-refractivity contribution < 1.29 is 9.59 Å². The van der Waals surface area contributed by atoms with Crippen molar-refractivity contribution in [3.05, 3.63) is 54.5 Å². The van der Waals surface area contributed by atoms with Crippen molar-refractivity contribution in [3.8, 4) is 17.3 Å². The third kappa shape index (κ3) is 5.91. The van der Waals surface area contributed by atoms with E-state index in [9.17, 15) is 14.9 Å². The van der Waals surface area contributed by atoms with Gasteiger partial charge in [-0.1, -0.05) is 18.9 Å². The van der Waals surface area contributed by atoms with Crippen LogP contribution in [0.4, 0.5) is 16.4 Å². The van der Waals surface area contributed by atoms with E-state index in [1.807, 2.05) is 23.0 Å². The van der Waals surface area contributed by atoms with Gasteiger partial charge >= 0.3 is 6.03 Å². The Bertz CT molecular complexity index is 1330. The van der Waals surface area contributed by atoms with Crippen molar-refractivity contribution in [2.45, 2.75) is 38.1 Å². The third-order valence-electron chi connectivity index (χ3n) is 7.13. The summed E-state index contributed by atoms with van der Waals surface area (Å²) in [6, 6.07) is 11.2. The Morgan fingerprint density at radius 2 is 2.13 bits per heavy atom. The number of amides is 3. The number of anilines is 2. The molecule has 11 nitrogen and oxygen atoms in total. The lowest BCUT2D eigenvalue weighted by Gasteiger charge is -2.21. The average molecular weight is 514 g/mol. The van der Waals surface area contributed by atoms with Crippen LogP contribution in [-0.4, -0.2) is 62.8 Å². The molecule has 2 aromatic heterocycles. The molecular formula is C27H31N9O2. The Hall–Kier alpha value is -4.46. The summed E-state index contributed by atoms with van der Waals surface area (Å²) in [5.74, 6) is 0.663. The molecule has 2 aliphatic rings. The molecule has 1 unspecified atom stereocenters. The summed E-state index contributed by atoms with van der Waals surface area (Å²) in [6.07, 6.45) is 10.6. The van der Waals surface area contributed by atoms with Gasteiger partial charge in [-0.05, 0) is 43.0 Å². The van der Waals surface area contributed by atoms with Crippen LogP contribution in [0.5, 0.6) is 0 Å². The van der Waals surface area contributed by atoms with Gasteiger partial charge in [0.05, 0.1) is 30.4 Å². The van der Waals surface area contributed by atoms with E-state index in [1.165, 1.54) is 12.8 Å². The minimum absolute atomic E-state index is 0.0806. The molecule has 1 saturated carbocycles. The number of benzene rings is 1. The Balaban J connectivity index is 1.23. The average Bonchev–Trinajstić information content (AvgIpc) is 3.71. The number of carbonyl (C=O) groups is 2. The zero-order valence-electron chi connectivity index (χ0n) is 21.1. The van der Waals surface area contributed by atoms with Gasteiger partial charge in [0.25, 0.3) is 5.91 Å². The van der Waals surface area contributed by atoms with E-state index in [0.717, 1.165) is 24.1 Å². The molecule has 0 radical (unpaired) electrons. The number of urea groups is 1. The van der Waals surface area contributed by atoms with E-state index in [2.05, 4.69) is 37.1 Å². The maximum absolute atomic E-state index is 12.6. The molecule has 1 aliphatic carbocycles. The lowest BCUT2D eigenvalue weighted by molar-refractivity contribution is 0.0950. The van der Waals surface area contributed by atoms with Gasteiger partial charge in [0, 0.05) is 55.4 Å². The summed E-state index contributed by atoms with van der Waals surface area (Å²) in [5.41, 5.74) is 2.75. The van der Waals surface area contributed by atoms with Crippen molar-refractivity contribution in [1.29, 1.82) is 5.26 Å². The second kappa shape index (κ2) is 11.7. The highest BCUT2D eigenvalue weighted by molar-refractivity contribution is 5.95. The number of rotatable bonds is 10. The third-order valence-corrected chi connectivity index (χ3v) is 7.13.